The molecule has 0 aliphatic rings. The monoisotopic (exact) mass is 244 g/mol. The standard InChI is InChI=1S/C9H18GeOSi/c1-10(2,3)9(11)7-8-12(4,5)6/h1-6H3. The minimum absolute atomic E-state index is 0.234. The van der Waals surface area contributed by atoms with Gasteiger partial charge in [0.15, 0.2) is 0 Å². The number of carbonyl (C=O) groups is 1. The Morgan fingerprint density at radius 1 is 1.17 bits per heavy atom. The van der Waals surface area contributed by atoms with E-state index in [9.17, 15) is 4.79 Å². The van der Waals surface area contributed by atoms with Gasteiger partial charge in [-0.25, -0.2) is 0 Å². The van der Waals surface area contributed by atoms with Gasteiger partial charge >= 0.3 is 79.1 Å². The fourth-order valence-corrected chi connectivity index (χ4v) is 2.10. The van der Waals surface area contributed by atoms with Crippen molar-refractivity contribution in [2.24, 2.45) is 0 Å². The Morgan fingerprint density at radius 2 is 1.58 bits per heavy atom. The van der Waals surface area contributed by atoms with Crippen molar-refractivity contribution >= 4 is 26.0 Å². The first-order chi connectivity index (χ1) is 5.13. The molecule has 0 N–H and O–H groups in total. The molecule has 0 saturated heterocycles. The zero-order valence-corrected chi connectivity index (χ0v) is 12.0. The van der Waals surface area contributed by atoms with Crippen molar-refractivity contribution in [1.29, 1.82) is 0 Å². The van der Waals surface area contributed by atoms with Gasteiger partial charge in [-0.3, -0.25) is 0 Å². The average molecular weight is 243 g/mol. The van der Waals surface area contributed by atoms with Gasteiger partial charge in [-0.1, -0.05) is 0 Å². The van der Waals surface area contributed by atoms with Crippen LogP contribution < -0.4 is 0 Å². The van der Waals surface area contributed by atoms with Crippen LogP contribution in [0.2, 0.25) is 36.9 Å². The van der Waals surface area contributed by atoms with Crippen LogP contribution in [0.1, 0.15) is 0 Å². The summed E-state index contributed by atoms with van der Waals surface area (Å²) in [6, 6.07) is 0. The summed E-state index contributed by atoms with van der Waals surface area (Å²) in [5, 5.41) is 0. The molecule has 0 aromatic carbocycles. The normalized spacial score (nSPS) is 11.8. The number of carbonyl (C=O) groups excluding carboxylic acids is 1. The van der Waals surface area contributed by atoms with E-state index in [1.165, 1.54) is 0 Å². The Kier molecular flexibility index (Phi) is 3.80. The van der Waals surface area contributed by atoms with Crippen LogP contribution in [0.25, 0.3) is 0 Å². The van der Waals surface area contributed by atoms with E-state index in [4.69, 9.17) is 0 Å². The Hall–Kier alpha value is -0.0103. The van der Waals surface area contributed by atoms with Crippen LogP contribution in [0, 0.1) is 11.5 Å². The molecule has 0 aromatic heterocycles. The van der Waals surface area contributed by atoms with Crippen molar-refractivity contribution < 1.29 is 4.79 Å². The second kappa shape index (κ2) is 3.80. The van der Waals surface area contributed by atoms with E-state index < -0.39 is 21.3 Å². The average Bonchev–Trinajstić information content (AvgIpc) is 1.78. The zero-order valence-electron chi connectivity index (χ0n) is 8.91. The van der Waals surface area contributed by atoms with Crippen molar-refractivity contribution in [3.8, 4) is 11.5 Å². The second-order valence-corrected chi connectivity index (χ2v) is 20.2. The number of hydrogen-bond donors (Lipinski definition) is 0. The zero-order chi connectivity index (χ0) is 9.99. The molecule has 0 atom stereocenters. The number of rotatable bonds is 1. The molecule has 0 aliphatic carbocycles. The van der Waals surface area contributed by atoms with Crippen molar-refractivity contribution in [2.75, 3.05) is 0 Å². The Morgan fingerprint density at radius 3 is 1.83 bits per heavy atom. The molecule has 0 unspecified atom stereocenters. The topological polar surface area (TPSA) is 17.1 Å². The van der Waals surface area contributed by atoms with Gasteiger partial charge in [-0.2, -0.15) is 0 Å². The molecule has 0 amide bonds. The summed E-state index contributed by atoms with van der Waals surface area (Å²) in [7, 11) is -1.35. The van der Waals surface area contributed by atoms with Gasteiger partial charge < -0.3 is 0 Å². The quantitative estimate of drug-likeness (QED) is 0.510. The van der Waals surface area contributed by atoms with Crippen molar-refractivity contribution in [2.45, 2.75) is 36.9 Å². The van der Waals surface area contributed by atoms with Gasteiger partial charge in [0.05, 0.1) is 0 Å². The Bertz CT molecular complexity index is 234. The third-order valence-electron chi connectivity index (χ3n) is 1.23. The molecule has 0 aromatic rings. The van der Waals surface area contributed by atoms with E-state index in [1.54, 1.807) is 0 Å². The summed E-state index contributed by atoms with van der Waals surface area (Å²) in [5.74, 6) is 9.07. The first-order valence-corrected chi connectivity index (χ1v) is 15.0. The molecule has 68 valence electrons. The summed E-state index contributed by atoms with van der Waals surface area (Å²) in [6.07, 6.45) is 0. The molecule has 0 saturated carbocycles. The first-order valence-electron chi connectivity index (χ1n) is 4.20. The molecule has 0 bridgehead atoms. The third kappa shape index (κ3) is 5.62. The van der Waals surface area contributed by atoms with Crippen LogP contribution in [0.5, 0.6) is 0 Å². The van der Waals surface area contributed by atoms with Crippen LogP contribution in [-0.4, -0.2) is 26.0 Å². The Balaban J connectivity index is 4.46. The van der Waals surface area contributed by atoms with Crippen molar-refractivity contribution in [3.05, 3.63) is 0 Å². The molecular weight excluding hydrogens is 225 g/mol. The predicted octanol–water partition coefficient (Wildman–Crippen LogP) is 2.31. The SMILES string of the molecule is C[Si](C)(C)C#C[C](=O)[Ge]([CH3])([CH3])[CH3]. The van der Waals surface area contributed by atoms with E-state index in [2.05, 4.69) is 48.4 Å². The summed E-state index contributed by atoms with van der Waals surface area (Å²) < 4.78 is 0.234. The molecule has 0 aliphatic heterocycles. The van der Waals surface area contributed by atoms with Gasteiger partial charge in [-0.05, 0) is 0 Å². The molecule has 1 nitrogen and oxygen atoms in total. The van der Waals surface area contributed by atoms with Crippen molar-refractivity contribution in [3.63, 3.8) is 0 Å². The van der Waals surface area contributed by atoms with E-state index in [0.717, 1.165) is 0 Å². The second-order valence-electron chi connectivity index (χ2n) is 5.08. The van der Waals surface area contributed by atoms with Crippen LogP contribution in [0.4, 0.5) is 0 Å². The molecule has 0 rings (SSSR count). The maximum atomic E-state index is 11.4. The Labute approximate surface area is 79.3 Å². The van der Waals surface area contributed by atoms with E-state index in [-0.39, 0.29) is 4.62 Å². The number of hydrogen-bond acceptors (Lipinski definition) is 1. The van der Waals surface area contributed by atoms with Crippen LogP contribution in [0.15, 0.2) is 0 Å². The fraction of sp³-hybridized carbons (Fsp3) is 0.667. The molecule has 0 spiro atoms. The molecule has 0 heterocycles. The molecule has 0 radical (unpaired) electrons. The molecule has 0 fully saturated rings. The summed E-state index contributed by atoms with van der Waals surface area (Å²) in [6.45, 7) is 6.47. The van der Waals surface area contributed by atoms with Crippen LogP contribution in [-0.2, 0) is 4.79 Å². The molecule has 12 heavy (non-hydrogen) atoms. The van der Waals surface area contributed by atoms with Gasteiger partial charge in [0.1, 0.15) is 0 Å². The summed E-state index contributed by atoms with van der Waals surface area (Å²) >= 11 is -2.12. The first kappa shape index (κ1) is 12.0. The fourth-order valence-electron chi connectivity index (χ4n) is 0.432. The van der Waals surface area contributed by atoms with Gasteiger partial charge in [0.25, 0.3) is 0 Å². The summed E-state index contributed by atoms with van der Waals surface area (Å²) in [4.78, 5) is 11.4. The van der Waals surface area contributed by atoms with Crippen LogP contribution >= 0.6 is 0 Å². The molecule has 3 heteroatoms. The van der Waals surface area contributed by atoms with Crippen LogP contribution in [0.3, 0.4) is 0 Å². The van der Waals surface area contributed by atoms with Gasteiger partial charge in [0.2, 0.25) is 0 Å². The minimum atomic E-state index is -2.12. The molecular formula is C9H18GeOSi. The van der Waals surface area contributed by atoms with E-state index in [1.807, 2.05) is 0 Å². The third-order valence-corrected chi connectivity index (χ3v) is 5.23. The van der Waals surface area contributed by atoms with Gasteiger partial charge in [-0.15, -0.1) is 0 Å². The predicted molar refractivity (Wildman–Crippen MR) is 59.5 cm³/mol. The van der Waals surface area contributed by atoms with Crippen molar-refractivity contribution in [1.82, 2.24) is 0 Å². The van der Waals surface area contributed by atoms with E-state index >= 15 is 0 Å². The maximum absolute atomic E-state index is 11.4. The van der Waals surface area contributed by atoms with E-state index in [0.29, 0.717) is 0 Å². The summed E-state index contributed by atoms with van der Waals surface area (Å²) in [5.41, 5.74) is 3.11. The van der Waals surface area contributed by atoms with Gasteiger partial charge in [0, 0.05) is 0 Å².